The molecular weight excluding hydrogens is 316 g/mol. The first-order valence-electron chi connectivity index (χ1n) is 7.98. The summed E-state index contributed by atoms with van der Waals surface area (Å²) in [6, 6.07) is 8.89. The highest BCUT2D eigenvalue weighted by molar-refractivity contribution is 7.08. The number of thiophene rings is 1. The molecular formula is C19H16N4S. The SMILES string of the molecule is Cc1cn(Cc2ccc3c(c2)-c2[nH]nc(-c4ccsc4)c2C3)cn1. The van der Waals surface area contributed by atoms with Crippen molar-refractivity contribution >= 4 is 11.3 Å². The second-order valence-electron chi connectivity index (χ2n) is 6.29. The van der Waals surface area contributed by atoms with Crippen molar-refractivity contribution in [1.29, 1.82) is 0 Å². The highest BCUT2D eigenvalue weighted by Crippen LogP contribution is 2.40. The molecule has 0 amide bonds. The molecule has 3 aromatic heterocycles. The second kappa shape index (κ2) is 5.18. The van der Waals surface area contributed by atoms with E-state index in [4.69, 9.17) is 0 Å². The van der Waals surface area contributed by atoms with E-state index in [1.807, 2.05) is 13.3 Å². The molecule has 1 N–H and O–H groups in total. The summed E-state index contributed by atoms with van der Waals surface area (Å²) in [5.41, 5.74) is 9.79. The average Bonchev–Trinajstić information content (AvgIpc) is 3.32. The number of rotatable bonds is 3. The molecule has 5 rings (SSSR count). The lowest BCUT2D eigenvalue weighted by Crippen LogP contribution is -1.97. The van der Waals surface area contributed by atoms with Crippen molar-refractivity contribution in [3.05, 3.63) is 69.9 Å². The molecule has 5 heteroatoms. The Morgan fingerprint density at radius 2 is 2.25 bits per heavy atom. The zero-order valence-corrected chi connectivity index (χ0v) is 14.1. The summed E-state index contributed by atoms with van der Waals surface area (Å²) in [7, 11) is 0. The Morgan fingerprint density at radius 1 is 1.29 bits per heavy atom. The molecule has 1 aliphatic rings. The molecule has 24 heavy (non-hydrogen) atoms. The number of aromatic amines is 1. The highest BCUT2D eigenvalue weighted by atomic mass is 32.1. The predicted molar refractivity (Wildman–Crippen MR) is 96.2 cm³/mol. The lowest BCUT2D eigenvalue weighted by atomic mass is 10.1. The first kappa shape index (κ1) is 13.7. The Labute approximate surface area is 143 Å². The van der Waals surface area contributed by atoms with E-state index >= 15 is 0 Å². The van der Waals surface area contributed by atoms with Gasteiger partial charge in [-0.15, -0.1) is 0 Å². The fraction of sp³-hybridized carbons (Fsp3) is 0.158. The fourth-order valence-corrected chi connectivity index (χ4v) is 4.11. The van der Waals surface area contributed by atoms with E-state index in [0.717, 1.165) is 24.4 Å². The summed E-state index contributed by atoms with van der Waals surface area (Å²) in [6.45, 7) is 2.86. The molecule has 118 valence electrons. The summed E-state index contributed by atoms with van der Waals surface area (Å²) in [4.78, 5) is 4.30. The quantitative estimate of drug-likeness (QED) is 0.536. The van der Waals surface area contributed by atoms with Crippen molar-refractivity contribution in [2.75, 3.05) is 0 Å². The van der Waals surface area contributed by atoms with E-state index in [1.54, 1.807) is 11.3 Å². The Balaban J connectivity index is 1.53. The van der Waals surface area contributed by atoms with Gasteiger partial charge in [-0.2, -0.15) is 16.4 Å². The van der Waals surface area contributed by atoms with Gasteiger partial charge in [-0.05, 0) is 35.6 Å². The average molecular weight is 332 g/mol. The van der Waals surface area contributed by atoms with Crippen molar-refractivity contribution < 1.29 is 0 Å². The molecule has 0 saturated carbocycles. The maximum Gasteiger partial charge on any atom is 0.0970 e. The van der Waals surface area contributed by atoms with E-state index in [9.17, 15) is 0 Å². The van der Waals surface area contributed by atoms with Gasteiger partial charge in [0, 0.05) is 41.2 Å². The number of aryl methyl sites for hydroxylation is 1. The number of aromatic nitrogens is 4. The molecule has 1 aromatic carbocycles. The van der Waals surface area contributed by atoms with Gasteiger partial charge in [0.05, 0.1) is 23.4 Å². The zero-order chi connectivity index (χ0) is 16.1. The second-order valence-corrected chi connectivity index (χ2v) is 7.07. The van der Waals surface area contributed by atoms with E-state index in [2.05, 4.69) is 61.0 Å². The first-order chi connectivity index (χ1) is 11.8. The lowest BCUT2D eigenvalue weighted by molar-refractivity contribution is 0.797. The maximum atomic E-state index is 4.56. The summed E-state index contributed by atoms with van der Waals surface area (Å²) >= 11 is 1.71. The number of imidazole rings is 1. The van der Waals surface area contributed by atoms with Gasteiger partial charge in [-0.1, -0.05) is 12.1 Å². The van der Waals surface area contributed by atoms with Crippen molar-refractivity contribution in [3.8, 4) is 22.5 Å². The molecule has 1 aliphatic carbocycles. The Bertz CT molecular complexity index is 1020. The number of nitrogens with one attached hydrogen (secondary N) is 1. The van der Waals surface area contributed by atoms with E-state index in [-0.39, 0.29) is 0 Å². The van der Waals surface area contributed by atoms with Crippen LogP contribution in [0, 0.1) is 6.92 Å². The van der Waals surface area contributed by atoms with Crippen LogP contribution in [0.1, 0.15) is 22.4 Å². The number of fused-ring (bicyclic) bond motifs is 3. The van der Waals surface area contributed by atoms with Gasteiger partial charge in [0.1, 0.15) is 0 Å². The Hall–Kier alpha value is -2.66. The molecule has 4 nitrogen and oxygen atoms in total. The van der Waals surface area contributed by atoms with Gasteiger partial charge in [0.15, 0.2) is 0 Å². The maximum absolute atomic E-state index is 4.56. The summed E-state index contributed by atoms with van der Waals surface area (Å²) in [5, 5.41) is 12.1. The van der Waals surface area contributed by atoms with Gasteiger partial charge >= 0.3 is 0 Å². The lowest BCUT2D eigenvalue weighted by Gasteiger charge is -2.06. The van der Waals surface area contributed by atoms with Gasteiger partial charge in [-0.25, -0.2) is 4.98 Å². The molecule has 0 unspecified atom stereocenters. The number of H-pyrrole nitrogens is 1. The van der Waals surface area contributed by atoms with Gasteiger partial charge in [0.25, 0.3) is 0 Å². The molecule has 0 fully saturated rings. The minimum Gasteiger partial charge on any atom is -0.333 e. The summed E-state index contributed by atoms with van der Waals surface area (Å²) in [5.74, 6) is 0. The van der Waals surface area contributed by atoms with Crippen LogP contribution in [0.5, 0.6) is 0 Å². The predicted octanol–water partition coefficient (Wildman–Crippen LogP) is 4.26. The minimum atomic E-state index is 0.842. The van der Waals surface area contributed by atoms with Crippen molar-refractivity contribution in [2.24, 2.45) is 0 Å². The fourth-order valence-electron chi connectivity index (χ4n) is 3.47. The molecule has 0 aliphatic heterocycles. The zero-order valence-electron chi connectivity index (χ0n) is 13.3. The van der Waals surface area contributed by atoms with Gasteiger partial charge in [-0.3, -0.25) is 5.10 Å². The third-order valence-corrected chi connectivity index (χ3v) is 5.28. The van der Waals surface area contributed by atoms with Gasteiger partial charge < -0.3 is 4.57 Å². The monoisotopic (exact) mass is 332 g/mol. The molecule has 3 heterocycles. The number of benzene rings is 1. The van der Waals surface area contributed by atoms with Crippen LogP contribution in [-0.2, 0) is 13.0 Å². The van der Waals surface area contributed by atoms with Crippen LogP contribution in [0.15, 0.2) is 47.5 Å². The smallest absolute Gasteiger partial charge is 0.0970 e. The van der Waals surface area contributed by atoms with Crippen LogP contribution < -0.4 is 0 Å². The minimum absolute atomic E-state index is 0.842. The topological polar surface area (TPSA) is 46.5 Å². The van der Waals surface area contributed by atoms with Gasteiger partial charge in [0.2, 0.25) is 0 Å². The Kier molecular flexibility index (Phi) is 2.97. The molecule has 0 spiro atoms. The van der Waals surface area contributed by atoms with Crippen LogP contribution >= 0.6 is 11.3 Å². The third-order valence-electron chi connectivity index (χ3n) is 4.60. The van der Waals surface area contributed by atoms with Crippen LogP contribution in [0.2, 0.25) is 0 Å². The van der Waals surface area contributed by atoms with E-state index in [1.165, 1.54) is 33.5 Å². The van der Waals surface area contributed by atoms with Crippen LogP contribution in [0.4, 0.5) is 0 Å². The standard InChI is InChI=1S/C19H16N4S/c1-12-8-23(11-20-12)9-13-2-3-14-7-17-18(15-4-5-24-10-15)21-22-19(17)16(14)6-13/h2-6,8,10-11H,7,9H2,1H3,(H,21,22). The molecule has 0 radical (unpaired) electrons. The molecule has 4 aromatic rings. The highest BCUT2D eigenvalue weighted by Gasteiger charge is 2.25. The molecule has 0 saturated heterocycles. The number of hydrogen-bond acceptors (Lipinski definition) is 3. The molecule has 0 atom stereocenters. The van der Waals surface area contributed by atoms with E-state index in [0.29, 0.717) is 0 Å². The summed E-state index contributed by atoms with van der Waals surface area (Å²) < 4.78 is 2.12. The summed E-state index contributed by atoms with van der Waals surface area (Å²) in [6.07, 6.45) is 4.92. The Morgan fingerprint density at radius 3 is 3.04 bits per heavy atom. The molecule has 0 bridgehead atoms. The van der Waals surface area contributed by atoms with Crippen molar-refractivity contribution in [2.45, 2.75) is 19.9 Å². The van der Waals surface area contributed by atoms with Crippen molar-refractivity contribution in [3.63, 3.8) is 0 Å². The third kappa shape index (κ3) is 2.12. The van der Waals surface area contributed by atoms with E-state index < -0.39 is 0 Å². The number of hydrogen-bond donors (Lipinski definition) is 1. The number of nitrogens with zero attached hydrogens (tertiary/aromatic N) is 3. The van der Waals surface area contributed by atoms with Crippen LogP contribution in [0.3, 0.4) is 0 Å². The normalized spacial score (nSPS) is 12.4. The van der Waals surface area contributed by atoms with Crippen molar-refractivity contribution in [1.82, 2.24) is 19.7 Å². The largest absolute Gasteiger partial charge is 0.333 e. The van der Waals surface area contributed by atoms with Crippen LogP contribution in [-0.4, -0.2) is 19.7 Å². The first-order valence-corrected chi connectivity index (χ1v) is 8.92. The van der Waals surface area contributed by atoms with Crippen LogP contribution in [0.25, 0.3) is 22.5 Å².